The number of hydrogen-bond donors (Lipinski definition) is 0. The summed E-state index contributed by atoms with van der Waals surface area (Å²) in [5, 5.41) is 0.702. The molecule has 2 aromatic heterocycles. The van der Waals surface area contributed by atoms with E-state index in [4.69, 9.17) is 21.3 Å². The van der Waals surface area contributed by atoms with Crippen molar-refractivity contribution in [1.82, 2.24) is 24.2 Å². The molecule has 150 valence electrons. The summed E-state index contributed by atoms with van der Waals surface area (Å²) in [4.78, 5) is 25.7. The molecule has 0 spiro atoms. The van der Waals surface area contributed by atoms with Gasteiger partial charge >= 0.3 is 6.09 Å². The van der Waals surface area contributed by atoms with Crippen LogP contribution in [0.4, 0.5) is 4.79 Å². The quantitative estimate of drug-likeness (QED) is 0.660. The van der Waals surface area contributed by atoms with E-state index in [0.29, 0.717) is 10.8 Å². The van der Waals surface area contributed by atoms with E-state index in [1.54, 1.807) is 6.20 Å². The van der Waals surface area contributed by atoms with Gasteiger partial charge in [0.05, 0.1) is 18.5 Å². The Balaban J connectivity index is 1.47. The SMILES string of the molecule is COC(=O)N1C2CCC1CN(Cc1c(-c3ccc(Cl)cc3)nc3ncccn13)C2. The van der Waals surface area contributed by atoms with E-state index in [1.165, 1.54) is 7.11 Å². The zero-order valence-corrected chi connectivity index (χ0v) is 16.9. The van der Waals surface area contributed by atoms with Crippen LogP contribution in [-0.2, 0) is 11.3 Å². The minimum Gasteiger partial charge on any atom is -0.453 e. The molecule has 2 atom stereocenters. The number of carbonyl (C=O) groups is 1. The predicted molar refractivity (Wildman–Crippen MR) is 110 cm³/mol. The Morgan fingerprint density at radius 1 is 1.21 bits per heavy atom. The highest BCUT2D eigenvalue weighted by Gasteiger charge is 2.43. The molecule has 29 heavy (non-hydrogen) atoms. The number of nitrogens with zero attached hydrogens (tertiary/aromatic N) is 5. The molecule has 0 saturated carbocycles. The van der Waals surface area contributed by atoms with Crippen molar-refractivity contribution in [1.29, 1.82) is 0 Å². The van der Waals surface area contributed by atoms with Gasteiger partial charge in [0.15, 0.2) is 0 Å². The molecule has 2 bridgehead atoms. The smallest absolute Gasteiger partial charge is 0.410 e. The second kappa shape index (κ2) is 7.31. The monoisotopic (exact) mass is 411 g/mol. The number of methoxy groups -OCH3 is 1. The highest BCUT2D eigenvalue weighted by atomic mass is 35.5. The fraction of sp³-hybridized carbons (Fsp3) is 0.381. The molecule has 1 aromatic carbocycles. The van der Waals surface area contributed by atoms with Gasteiger partial charge in [0.1, 0.15) is 0 Å². The third kappa shape index (κ3) is 3.24. The van der Waals surface area contributed by atoms with Crippen LogP contribution in [0.15, 0.2) is 42.7 Å². The summed E-state index contributed by atoms with van der Waals surface area (Å²) in [5.41, 5.74) is 3.04. The van der Waals surface area contributed by atoms with Gasteiger partial charge in [0, 0.05) is 54.7 Å². The Morgan fingerprint density at radius 3 is 2.62 bits per heavy atom. The number of ether oxygens (including phenoxy) is 1. The number of halogens is 1. The van der Waals surface area contributed by atoms with Crippen molar-refractivity contribution in [3.05, 3.63) is 53.4 Å². The molecular weight excluding hydrogens is 390 g/mol. The second-order valence-electron chi connectivity index (χ2n) is 7.66. The largest absolute Gasteiger partial charge is 0.453 e. The Bertz CT molecular complexity index is 1040. The molecule has 8 heteroatoms. The molecule has 4 heterocycles. The predicted octanol–water partition coefficient (Wildman–Crippen LogP) is 3.46. The lowest BCUT2D eigenvalue weighted by Gasteiger charge is -2.40. The lowest BCUT2D eigenvalue weighted by Crippen LogP contribution is -2.55. The Morgan fingerprint density at radius 2 is 1.93 bits per heavy atom. The van der Waals surface area contributed by atoms with Gasteiger partial charge < -0.3 is 4.74 Å². The number of likely N-dealkylation sites (tertiary alicyclic amines) is 1. The third-order valence-electron chi connectivity index (χ3n) is 5.94. The number of fused-ring (bicyclic) bond motifs is 3. The molecule has 1 amide bonds. The van der Waals surface area contributed by atoms with E-state index in [-0.39, 0.29) is 18.2 Å². The summed E-state index contributed by atoms with van der Waals surface area (Å²) < 4.78 is 7.05. The molecule has 2 fully saturated rings. The van der Waals surface area contributed by atoms with Gasteiger partial charge in [0.2, 0.25) is 5.78 Å². The molecule has 0 radical (unpaired) electrons. The molecule has 0 N–H and O–H groups in total. The fourth-order valence-corrected chi connectivity index (χ4v) is 4.79. The van der Waals surface area contributed by atoms with E-state index < -0.39 is 0 Å². The van der Waals surface area contributed by atoms with Crippen molar-refractivity contribution in [2.75, 3.05) is 20.2 Å². The van der Waals surface area contributed by atoms with Crippen LogP contribution >= 0.6 is 11.6 Å². The summed E-state index contributed by atoms with van der Waals surface area (Å²) in [5.74, 6) is 0.684. The first-order chi connectivity index (χ1) is 14.1. The van der Waals surface area contributed by atoms with Crippen molar-refractivity contribution in [3.63, 3.8) is 0 Å². The average Bonchev–Trinajstić information content (AvgIpc) is 3.23. The Kier molecular flexibility index (Phi) is 4.64. The van der Waals surface area contributed by atoms with Gasteiger partial charge in [-0.25, -0.2) is 14.8 Å². The van der Waals surface area contributed by atoms with Crippen LogP contribution in [0.3, 0.4) is 0 Å². The minimum atomic E-state index is -0.210. The second-order valence-corrected chi connectivity index (χ2v) is 8.10. The third-order valence-corrected chi connectivity index (χ3v) is 6.19. The number of benzene rings is 1. The summed E-state index contributed by atoms with van der Waals surface area (Å²) in [6, 6.07) is 10.1. The molecular formula is C21H22ClN5O2. The molecule has 2 aliphatic heterocycles. The molecule has 3 aromatic rings. The number of piperazine rings is 1. The van der Waals surface area contributed by atoms with Crippen molar-refractivity contribution in [2.45, 2.75) is 31.5 Å². The number of imidazole rings is 1. The Labute approximate surface area is 173 Å². The van der Waals surface area contributed by atoms with Gasteiger partial charge in [0.25, 0.3) is 0 Å². The van der Waals surface area contributed by atoms with E-state index >= 15 is 0 Å². The summed E-state index contributed by atoms with van der Waals surface area (Å²) in [6.45, 7) is 2.41. The molecule has 2 saturated heterocycles. The van der Waals surface area contributed by atoms with E-state index in [0.717, 1.165) is 49.4 Å². The van der Waals surface area contributed by atoms with Gasteiger partial charge in [-0.05, 0) is 31.0 Å². The lowest BCUT2D eigenvalue weighted by atomic mass is 10.1. The zero-order chi connectivity index (χ0) is 20.0. The standard InChI is InChI=1S/C21H22ClN5O2/c1-29-21(28)27-16-7-8-17(27)12-25(11-16)13-18-19(14-3-5-15(22)6-4-14)24-20-23-9-2-10-26(18)20/h2-6,9-10,16-17H,7-8,11-13H2,1H3. The maximum atomic E-state index is 12.1. The van der Waals surface area contributed by atoms with Gasteiger partial charge in [-0.15, -0.1) is 0 Å². The molecule has 2 aliphatic rings. The van der Waals surface area contributed by atoms with Crippen molar-refractivity contribution in [3.8, 4) is 11.3 Å². The van der Waals surface area contributed by atoms with E-state index in [1.807, 2.05) is 41.4 Å². The number of aromatic nitrogens is 3. The first kappa shape index (κ1) is 18.4. The number of hydrogen-bond acceptors (Lipinski definition) is 5. The molecule has 0 aliphatic carbocycles. The zero-order valence-electron chi connectivity index (χ0n) is 16.2. The van der Waals surface area contributed by atoms with Crippen LogP contribution in [0.1, 0.15) is 18.5 Å². The average molecular weight is 412 g/mol. The molecule has 5 rings (SSSR count). The number of rotatable bonds is 3. The van der Waals surface area contributed by atoms with Crippen LogP contribution in [-0.4, -0.2) is 62.5 Å². The van der Waals surface area contributed by atoms with Crippen LogP contribution < -0.4 is 0 Å². The molecule has 2 unspecified atom stereocenters. The van der Waals surface area contributed by atoms with E-state index in [2.05, 4.69) is 14.3 Å². The highest BCUT2D eigenvalue weighted by molar-refractivity contribution is 6.30. The number of carbonyl (C=O) groups excluding carboxylic acids is 1. The van der Waals surface area contributed by atoms with Crippen molar-refractivity contribution in [2.24, 2.45) is 0 Å². The highest BCUT2D eigenvalue weighted by Crippen LogP contribution is 2.33. The maximum absolute atomic E-state index is 12.1. The topological polar surface area (TPSA) is 63.0 Å². The first-order valence-corrected chi connectivity index (χ1v) is 10.2. The van der Waals surface area contributed by atoms with E-state index in [9.17, 15) is 4.79 Å². The van der Waals surface area contributed by atoms with Crippen LogP contribution in [0.2, 0.25) is 5.02 Å². The minimum absolute atomic E-state index is 0.206. The van der Waals surface area contributed by atoms with Crippen molar-refractivity contribution >= 4 is 23.5 Å². The van der Waals surface area contributed by atoms with Gasteiger partial charge in [-0.2, -0.15) is 0 Å². The maximum Gasteiger partial charge on any atom is 0.410 e. The summed E-state index contributed by atoms with van der Waals surface area (Å²) in [7, 11) is 1.46. The first-order valence-electron chi connectivity index (χ1n) is 9.80. The fourth-order valence-electron chi connectivity index (χ4n) is 4.66. The number of amides is 1. The van der Waals surface area contributed by atoms with Crippen LogP contribution in [0.25, 0.3) is 17.0 Å². The Hall–Kier alpha value is -2.64. The van der Waals surface area contributed by atoms with Crippen LogP contribution in [0, 0.1) is 0 Å². The molecule has 7 nitrogen and oxygen atoms in total. The summed E-state index contributed by atoms with van der Waals surface area (Å²) >= 11 is 6.07. The summed E-state index contributed by atoms with van der Waals surface area (Å²) in [6.07, 6.45) is 5.60. The van der Waals surface area contributed by atoms with Crippen LogP contribution in [0.5, 0.6) is 0 Å². The normalized spacial score (nSPS) is 21.7. The lowest BCUT2D eigenvalue weighted by molar-refractivity contribution is 0.0489. The van der Waals surface area contributed by atoms with Gasteiger partial charge in [-0.3, -0.25) is 14.2 Å². The van der Waals surface area contributed by atoms with Crippen molar-refractivity contribution < 1.29 is 9.53 Å². The van der Waals surface area contributed by atoms with Gasteiger partial charge in [-0.1, -0.05) is 23.7 Å².